The Morgan fingerprint density at radius 3 is 2.55 bits per heavy atom. The molecule has 14 nitrogen and oxygen atoms in total. The van der Waals surface area contributed by atoms with E-state index in [2.05, 4.69) is 29.9 Å². The number of esters is 2. The Morgan fingerprint density at radius 2 is 1.84 bits per heavy atom. The molecule has 8 aliphatic heterocycles. The number of fused-ring (bicyclic) bond motifs is 6. The van der Waals surface area contributed by atoms with Crippen molar-refractivity contribution in [3.05, 3.63) is 62.7 Å². The van der Waals surface area contributed by atoms with Crippen LogP contribution in [0, 0.1) is 13.8 Å². The third-order valence-corrected chi connectivity index (χ3v) is 14.1. The van der Waals surface area contributed by atoms with E-state index in [1.807, 2.05) is 18.4 Å². The molecule has 4 N–H and O–H groups in total. The third-order valence-electron chi connectivity index (χ3n) is 12.6. The SMILES string of the molecule is C=[N+]1C[C@@]2(C)Cc3cc(C)c(OC)c(O)c3[C@@H]1[C@@H]1[C@@H]3SC[C@]4(NC(CO)Cc5cc(O)c(OC)cc54)C(=O)OC[C@@H](c4c5c(c(C)c(OC(C)=O)c43)OCO5)N12. The van der Waals surface area contributed by atoms with E-state index in [0.717, 1.165) is 16.7 Å². The first-order valence-electron chi connectivity index (χ1n) is 18.7. The number of nitrogens with zero attached hydrogens (tertiary/aromatic N) is 2. The number of carbonyl (C=O) groups excluding carboxylic acids is 2. The summed E-state index contributed by atoms with van der Waals surface area (Å²) in [6.07, 6.45) is 0.890. The summed E-state index contributed by atoms with van der Waals surface area (Å²) in [5.41, 5.74) is 3.65. The highest BCUT2D eigenvalue weighted by Crippen LogP contribution is 2.65. The van der Waals surface area contributed by atoms with Crippen LogP contribution in [0.1, 0.15) is 75.7 Å². The molecule has 2 fully saturated rings. The van der Waals surface area contributed by atoms with Crippen LogP contribution in [0.3, 0.4) is 0 Å². The van der Waals surface area contributed by atoms with E-state index in [9.17, 15) is 24.9 Å². The van der Waals surface area contributed by atoms with Gasteiger partial charge in [-0.05, 0) is 68.0 Å². The summed E-state index contributed by atoms with van der Waals surface area (Å²) in [5.74, 6) is 0.925. The zero-order valence-corrected chi connectivity index (χ0v) is 33.0. The first-order chi connectivity index (χ1) is 26.8. The van der Waals surface area contributed by atoms with Crippen LogP contribution in [0.2, 0.25) is 0 Å². The third kappa shape index (κ3) is 5.02. The molecule has 1 spiro atoms. The zero-order valence-electron chi connectivity index (χ0n) is 32.2. The second kappa shape index (κ2) is 12.9. The normalized spacial score (nSPS) is 30.8. The fourth-order valence-corrected chi connectivity index (χ4v) is 12.3. The summed E-state index contributed by atoms with van der Waals surface area (Å²) in [5, 5.41) is 36.4. The number of phenols is 2. The lowest BCUT2D eigenvalue weighted by molar-refractivity contribution is -0.601. The number of hydrogen-bond donors (Lipinski definition) is 4. The fourth-order valence-electron chi connectivity index (χ4n) is 10.6. The highest BCUT2D eigenvalue weighted by Gasteiger charge is 2.65. The van der Waals surface area contributed by atoms with Gasteiger partial charge in [-0.25, -0.2) is 9.37 Å². The Bertz CT molecular complexity index is 2250. The number of aryl methyl sites for hydroxylation is 1. The second-order valence-electron chi connectivity index (χ2n) is 16.0. The first-order valence-corrected chi connectivity index (χ1v) is 19.8. The number of aliphatic hydroxyl groups excluding tert-OH is 1. The van der Waals surface area contributed by atoms with Crippen molar-refractivity contribution in [3.8, 4) is 40.2 Å². The minimum atomic E-state index is -1.50. The molecular formula is C41H46N3O11S+. The molecule has 11 rings (SSSR count). The average Bonchev–Trinajstić information content (AvgIpc) is 3.57. The molecule has 8 heterocycles. The molecule has 0 saturated carbocycles. The van der Waals surface area contributed by atoms with Crippen molar-refractivity contribution in [2.45, 2.75) is 81.0 Å². The summed E-state index contributed by atoms with van der Waals surface area (Å²) < 4.78 is 38.4. The molecule has 15 heteroatoms. The summed E-state index contributed by atoms with van der Waals surface area (Å²) in [4.78, 5) is 30.4. The summed E-state index contributed by atoms with van der Waals surface area (Å²) >= 11 is 1.48. The Labute approximate surface area is 328 Å². The number of thioether (sulfide) groups is 1. The van der Waals surface area contributed by atoms with Crippen molar-refractivity contribution in [2.75, 3.05) is 46.5 Å². The molecule has 3 aromatic rings. The molecule has 56 heavy (non-hydrogen) atoms. The minimum Gasteiger partial charge on any atom is -0.504 e. The van der Waals surface area contributed by atoms with Crippen LogP contribution in [-0.4, -0.2) is 108 Å². The van der Waals surface area contributed by atoms with Crippen LogP contribution >= 0.6 is 11.8 Å². The maximum absolute atomic E-state index is 15.0. The van der Waals surface area contributed by atoms with Gasteiger partial charge in [-0.2, -0.15) is 0 Å². The van der Waals surface area contributed by atoms with Gasteiger partial charge in [0, 0.05) is 35.4 Å². The van der Waals surface area contributed by atoms with Crippen molar-refractivity contribution < 1.29 is 57.9 Å². The monoisotopic (exact) mass is 788 g/mol. The van der Waals surface area contributed by atoms with E-state index in [4.69, 9.17) is 28.4 Å². The van der Waals surface area contributed by atoms with Crippen LogP contribution < -0.4 is 29.0 Å². The molecule has 8 atom stereocenters. The van der Waals surface area contributed by atoms with Crippen molar-refractivity contribution >= 4 is 30.4 Å². The van der Waals surface area contributed by atoms with Gasteiger partial charge in [-0.1, -0.05) is 6.07 Å². The van der Waals surface area contributed by atoms with Crippen molar-refractivity contribution in [1.82, 2.24) is 10.2 Å². The smallest absolute Gasteiger partial charge is 0.331 e. The number of methoxy groups -OCH3 is 2. The van der Waals surface area contributed by atoms with E-state index in [1.165, 1.54) is 25.8 Å². The fraction of sp³-hybridized carbons (Fsp3) is 0.488. The number of rotatable bonds is 4. The Balaban J connectivity index is 1.34. The second-order valence-corrected chi connectivity index (χ2v) is 17.1. The topological polar surface area (TPSA) is 168 Å². The van der Waals surface area contributed by atoms with Gasteiger partial charge in [-0.15, -0.1) is 11.8 Å². The van der Waals surface area contributed by atoms with E-state index < -0.39 is 52.4 Å². The van der Waals surface area contributed by atoms with Gasteiger partial charge >= 0.3 is 11.9 Å². The van der Waals surface area contributed by atoms with Crippen LogP contribution in [0.5, 0.6) is 40.2 Å². The maximum atomic E-state index is 15.0. The number of hydrogen-bond acceptors (Lipinski definition) is 14. The van der Waals surface area contributed by atoms with Gasteiger partial charge in [-0.3, -0.25) is 15.0 Å². The van der Waals surface area contributed by atoms with Gasteiger partial charge in [0.2, 0.25) is 6.79 Å². The Kier molecular flexibility index (Phi) is 8.51. The molecule has 8 aliphatic rings. The van der Waals surface area contributed by atoms with E-state index in [-0.39, 0.29) is 43.0 Å². The number of nitrogens with one attached hydrogen (secondary N) is 1. The summed E-state index contributed by atoms with van der Waals surface area (Å²) in [6.45, 7) is 12.0. The highest BCUT2D eigenvalue weighted by molar-refractivity contribution is 7.99. The Morgan fingerprint density at radius 1 is 1.07 bits per heavy atom. The lowest BCUT2D eigenvalue weighted by Gasteiger charge is -2.57. The molecule has 296 valence electrons. The summed E-state index contributed by atoms with van der Waals surface area (Å²) in [6, 6.07) is 3.21. The lowest BCUT2D eigenvalue weighted by Crippen LogP contribution is -2.68. The number of aromatic hydroxyl groups is 2. The van der Waals surface area contributed by atoms with Crippen LogP contribution in [0.25, 0.3) is 0 Å². The van der Waals surface area contributed by atoms with Crippen LogP contribution in [0.15, 0.2) is 18.2 Å². The number of phenolic OH excluding ortho intramolecular Hbond substituents is 2. The molecule has 0 aliphatic carbocycles. The van der Waals surface area contributed by atoms with Gasteiger partial charge in [0.05, 0.1) is 49.3 Å². The predicted molar refractivity (Wildman–Crippen MR) is 204 cm³/mol. The molecule has 2 saturated heterocycles. The Hall–Kier alpha value is -4.70. The van der Waals surface area contributed by atoms with Crippen molar-refractivity contribution in [3.63, 3.8) is 0 Å². The summed E-state index contributed by atoms with van der Waals surface area (Å²) in [7, 11) is 2.99. The van der Waals surface area contributed by atoms with Gasteiger partial charge in [0.15, 0.2) is 52.6 Å². The number of carbonyl (C=O) groups is 2. The van der Waals surface area contributed by atoms with Gasteiger partial charge < -0.3 is 43.7 Å². The van der Waals surface area contributed by atoms with E-state index in [0.29, 0.717) is 70.2 Å². The van der Waals surface area contributed by atoms with Crippen LogP contribution in [0.4, 0.5) is 0 Å². The van der Waals surface area contributed by atoms with E-state index in [1.54, 1.807) is 19.2 Å². The first kappa shape index (κ1) is 36.9. The number of ether oxygens (including phenoxy) is 6. The maximum Gasteiger partial charge on any atom is 0.331 e. The van der Waals surface area contributed by atoms with Crippen molar-refractivity contribution in [2.24, 2.45) is 0 Å². The number of aliphatic hydroxyl groups is 1. The van der Waals surface area contributed by atoms with Crippen molar-refractivity contribution in [1.29, 1.82) is 0 Å². The number of benzene rings is 3. The largest absolute Gasteiger partial charge is 0.504 e. The molecular weight excluding hydrogens is 743 g/mol. The molecule has 0 amide bonds. The lowest BCUT2D eigenvalue weighted by atomic mass is 9.76. The molecule has 4 bridgehead atoms. The van der Waals surface area contributed by atoms with Crippen LogP contribution in [-0.2, 0) is 32.7 Å². The predicted octanol–water partition coefficient (Wildman–Crippen LogP) is 3.63. The molecule has 3 aromatic carbocycles. The van der Waals surface area contributed by atoms with Gasteiger partial charge in [0.25, 0.3) is 0 Å². The molecule has 2 unspecified atom stereocenters. The van der Waals surface area contributed by atoms with E-state index >= 15 is 0 Å². The standard InChI is InChI=1S/C41H45N3O11S/c1-18-8-22-12-40(4)15-43(5)31(28(22)33(48)34(18)51-7)32-38-30-29(37-36(53-17-54-37)19(2)35(30)55-20(3)46)25(44(32)40)14-52-39(49)41(16-56-38)24-11-27(50-6)26(47)10-21(24)9-23(13-45)42-41/h8,10-11,23,25,31-32,38,42,45H,5,9,12-17H2,1-4,6-7H3,(H-,47,48)/p+1/t23?,25-,31+,32+,38+,40+,41+/m0/s1. The zero-order chi connectivity index (χ0) is 39.6. The van der Waals surface area contributed by atoms with Gasteiger partial charge in [0.1, 0.15) is 19.1 Å². The quantitative estimate of drug-likeness (QED) is 0.172. The molecule has 0 radical (unpaired) electrons. The minimum absolute atomic E-state index is 0.0359. The highest BCUT2D eigenvalue weighted by atomic mass is 32.2. The average molecular weight is 789 g/mol. The molecule has 0 aromatic heterocycles. The number of piperazine rings is 1.